The lowest BCUT2D eigenvalue weighted by Crippen LogP contribution is -1.87. The van der Waals surface area contributed by atoms with Crippen molar-refractivity contribution in [3.8, 4) is 0 Å². The van der Waals surface area contributed by atoms with Crippen molar-refractivity contribution in [2.24, 2.45) is 5.16 Å². The van der Waals surface area contributed by atoms with Gasteiger partial charge in [0, 0.05) is 24.2 Å². The van der Waals surface area contributed by atoms with Crippen molar-refractivity contribution in [3.63, 3.8) is 0 Å². The van der Waals surface area contributed by atoms with Crippen LogP contribution in [0.5, 0.6) is 0 Å². The Bertz CT molecular complexity index is 419. The topological polar surface area (TPSA) is 49.9 Å². The highest BCUT2D eigenvalue weighted by molar-refractivity contribution is 5.79. The summed E-state index contributed by atoms with van der Waals surface area (Å²) < 4.78 is 1.86. The summed E-state index contributed by atoms with van der Waals surface area (Å²) in [5.74, 6) is 0. The minimum absolute atomic E-state index is 0.836. The molecule has 2 heterocycles. The van der Waals surface area contributed by atoms with Crippen LogP contribution in [0.3, 0.4) is 0 Å². The molecule has 0 amide bonds. The summed E-state index contributed by atoms with van der Waals surface area (Å²) >= 11 is 0. The van der Waals surface area contributed by atoms with E-state index in [4.69, 9.17) is 5.21 Å². The molecule has 0 saturated carbocycles. The maximum absolute atomic E-state index is 8.29. The highest BCUT2D eigenvalue weighted by Crippen LogP contribution is 2.02. The standard InChI is InChI=1S/C8H7N3O/c12-10-5-7-1-2-8-9-3-4-11(8)6-7/h1-6,12H. The molecule has 2 aromatic rings. The lowest BCUT2D eigenvalue weighted by atomic mass is 10.3. The maximum atomic E-state index is 8.29. The maximum Gasteiger partial charge on any atom is 0.136 e. The Balaban J connectivity index is 2.60. The number of hydrogen-bond acceptors (Lipinski definition) is 3. The summed E-state index contributed by atoms with van der Waals surface area (Å²) in [6, 6.07) is 3.69. The summed E-state index contributed by atoms with van der Waals surface area (Å²) in [5, 5.41) is 11.2. The van der Waals surface area contributed by atoms with Crippen molar-refractivity contribution in [2.75, 3.05) is 0 Å². The SMILES string of the molecule is ON=Cc1ccc2nccn2c1. The van der Waals surface area contributed by atoms with Gasteiger partial charge in [-0.25, -0.2) is 4.98 Å². The third-order valence-corrected chi connectivity index (χ3v) is 1.62. The van der Waals surface area contributed by atoms with Crippen LogP contribution >= 0.6 is 0 Å². The van der Waals surface area contributed by atoms with Gasteiger partial charge in [0.1, 0.15) is 5.65 Å². The van der Waals surface area contributed by atoms with Gasteiger partial charge >= 0.3 is 0 Å². The molecule has 0 aliphatic rings. The second-order valence-electron chi connectivity index (χ2n) is 2.40. The largest absolute Gasteiger partial charge is 0.411 e. The average Bonchev–Trinajstić information content (AvgIpc) is 2.51. The zero-order valence-electron chi connectivity index (χ0n) is 6.25. The van der Waals surface area contributed by atoms with Crippen LogP contribution in [-0.2, 0) is 0 Å². The van der Waals surface area contributed by atoms with Crippen LogP contribution in [0.25, 0.3) is 5.65 Å². The zero-order chi connectivity index (χ0) is 8.39. The molecule has 0 fully saturated rings. The number of hydrogen-bond donors (Lipinski definition) is 1. The van der Waals surface area contributed by atoms with E-state index >= 15 is 0 Å². The van der Waals surface area contributed by atoms with Gasteiger partial charge in [0.15, 0.2) is 0 Å². The minimum Gasteiger partial charge on any atom is -0.411 e. The molecule has 2 rings (SSSR count). The molecule has 0 spiro atoms. The Morgan fingerprint density at radius 2 is 2.42 bits per heavy atom. The molecule has 0 saturated heterocycles. The van der Waals surface area contributed by atoms with Crippen LogP contribution in [0.4, 0.5) is 0 Å². The monoisotopic (exact) mass is 161 g/mol. The predicted octanol–water partition coefficient (Wildman–Crippen LogP) is 1.14. The molecule has 2 aromatic heterocycles. The molecule has 1 N–H and O–H groups in total. The first kappa shape index (κ1) is 6.84. The van der Waals surface area contributed by atoms with Gasteiger partial charge in [-0.1, -0.05) is 5.16 Å². The van der Waals surface area contributed by atoms with E-state index in [1.165, 1.54) is 6.21 Å². The van der Waals surface area contributed by atoms with Gasteiger partial charge in [-0.2, -0.15) is 0 Å². The molecule has 60 valence electrons. The normalized spacial score (nSPS) is 11.3. The van der Waals surface area contributed by atoms with E-state index in [1.54, 1.807) is 6.20 Å². The fourth-order valence-corrected chi connectivity index (χ4v) is 1.08. The van der Waals surface area contributed by atoms with E-state index in [1.807, 2.05) is 28.9 Å². The van der Waals surface area contributed by atoms with Crippen molar-refractivity contribution in [1.82, 2.24) is 9.38 Å². The number of oxime groups is 1. The fraction of sp³-hybridized carbons (Fsp3) is 0. The van der Waals surface area contributed by atoms with Crippen molar-refractivity contribution >= 4 is 11.9 Å². The molecule has 4 nitrogen and oxygen atoms in total. The molecule has 0 atom stereocenters. The number of rotatable bonds is 1. The van der Waals surface area contributed by atoms with E-state index in [9.17, 15) is 0 Å². The second kappa shape index (κ2) is 2.65. The molecule has 0 aliphatic carbocycles. The number of aromatic nitrogens is 2. The lowest BCUT2D eigenvalue weighted by Gasteiger charge is -1.93. The molecule has 4 heteroatoms. The van der Waals surface area contributed by atoms with Gasteiger partial charge in [0.2, 0.25) is 0 Å². The third kappa shape index (κ3) is 1.03. The average molecular weight is 161 g/mol. The smallest absolute Gasteiger partial charge is 0.136 e. The summed E-state index contributed by atoms with van der Waals surface area (Å²) in [6.07, 6.45) is 6.76. The summed E-state index contributed by atoms with van der Waals surface area (Å²) in [6.45, 7) is 0. The molecule has 0 radical (unpaired) electrons. The summed E-state index contributed by atoms with van der Waals surface area (Å²) in [7, 11) is 0. The van der Waals surface area contributed by atoms with Gasteiger partial charge in [-0.05, 0) is 12.1 Å². The molecular weight excluding hydrogens is 154 g/mol. The van der Waals surface area contributed by atoms with Gasteiger partial charge in [-0.3, -0.25) is 0 Å². The molecule has 12 heavy (non-hydrogen) atoms. The molecule has 0 bridgehead atoms. The van der Waals surface area contributed by atoms with Crippen molar-refractivity contribution < 1.29 is 5.21 Å². The molecular formula is C8H7N3O. The Hall–Kier alpha value is -1.84. The highest BCUT2D eigenvalue weighted by Gasteiger charge is 1.92. The van der Waals surface area contributed by atoms with E-state index in [-0.39, 0.29) is 0 Å². The zero-order valence-corrected chi connectivity index (χ0v) is 6.25. The number of imidazole rings is 1. The Labute approximate surface area is 68.8 Å². The van der Waals surface area contributed by atoms with Crippen LogP contribution in [0.1, 0.15) is 5.56 Å². The fourth-order valence-electron chi connectivity index (χ4n) is 1.08. The minimum atomic E-state index is 0.836. The summed E-state index contributed by atoms with van der Waals surface area (Å²) in [5.41, 5.74) is 1.72. The first-order valence-electron chi connectivity index (χ1n) is 3.50. The Morgan fingerprint density at radius 3 is 3.25 bits per heavy atom. The van der Waals surface area contributed by atoms with Crippen LogP contribution in [-0.4, -0.2) is 20.8 Å². The third-order valence-electron chi connectivity index (χ3n) is 1.62. The Morgan fingerprint density at radius 1 is 1.50 bits per heavy atom. The van der Waals surface area contributed by atoms with Crippen LogP contribution in [0, 0.1) is 0 Å². The lowest BCUT2D eigenvalue weighted by molar-refractivity contribution is 0.322. The van der Waals surface area contributed by atoms with Gasteiger partial charge in [-0.15, -0.1) is 0 Å². The van der Waals surface area contributed by atoms with E-state index in [2.05, 4.69) is 10.1 Å². The number of pyridine rings is 1. The van der Waals surface area contributed by atoms with Crippen molar-refractivity contribution in [3.05, 3.63) is 36.3 Å². The van der Waals surface area contributed by atoms with Crippen molar-refractivity contribution in [2.45, 2.75) is 0 Å². The van der Waals surface area contributed by atoms with Gasteiger partial charge in [0.25, 0.3) is 0 Å². The van der Waals surface area contributed by atoms with E-state index in [0.717, 1.165) is 11.2 Å². The first-order chi connectivity index (χ1) is 5.90. The molecule has 0 unspecified atom stereocenters. The van der Waals surface area contributed by atoms with E-state index in [0.29, 0.717) is 0 Å². The van der Waals surface area contributed by atoms with Crippen molar-refractivity contribution in [1.29, 1.82) is 0 Å². The summed E-state index contributed by atoms with van der Waals surface area (Å²) in [4.78, 5) is 4.08. The predicted molar refractivity (Wildman–Crippen MR) is 44.6 cm³/mol. The highest BCUT2D eigenvalue weighted by atomic mass is 16.4. The quantitative estimate of drug-likeness (QED) is 0.387. The van der Waals surface area contributed by atoms with Gasteiger partial charge in [0.05, 0.1) is 6.21 Å². The van der Waals surface area contributed by atoms with Crippen LogP contribution in [0.15, 0.2) is 35.9 Å². The van der Waals surface area contributed by atoms with Gasteiger partial charge < -0.3 is 9.61 Å². The molecule has 0 aliphatic heterocycles. The first-order valence-corrected chi connectivity index (χ1v) is 3.50. The second-order valence-corrected chi connectivity index (χ2v) is 2.40. The Kier molecular flexibility index (Phi) is 1.51. The molecule has 0 aromatic carbocycles. The van der Waals surface area contributed by atoms with E-state index < -0.39 is 0 Å². The van der Waals surface area contributed by atoms with Crippen LogP contribution in [0.2, 0.25) is 0 Å². The number of nitrogens with zero attached hydrogens (tertiary/aromatic N) is 3. The van der Waals surface area contributed by atoms with Crippen LogP contribution < -0.4 is 0 Å². The number of fused-ring (bicyclic) bond motifs is 1.